The summed E-state index contributed by atoms with van der Waals surface area (Å²) in [6.45, 7) is 3.28. The summed E-state index contributed by atoms with van der Waals surface area (Å²) in [5.41, 5.74) is 0. The van der Waals surface area contributed by atoms with Crippen LogP contribution in [0.4, 0.5) is 0 Å². The predicted molar refractivity (Wildman–Crippen MR) is 94.7 cm³/mol. The second kappa shape index (κ2) is 6.56. The molecular weight excluding hydrogens is 304 g/mol. The summed E-state index contributed by atoms with van der Waals surface area (Å²) in [6, 6.07) is 5.19. The average molecular weight is 333 g/mol. The van der Waals surface area contributed by atoms with Crippen LogP contribution >= 0.6 is 11.3 Å². The molecule has 3 nitrogen and oxygen atoms in total. The van der Waals surface area contributed by atoms with Crippen LogP contribution in [0, 0.1) is 5.92 Å². The van der Waals surface area contributed by atoms with E-state index in [1.807, 2.05) is 23.3 Å². The summed E-state index contributed by atoms with van der Waals surface area (Å²) in [5, 5.41) is 0. The van der Waals surface area contributed by atoms with E-state index in [1.54, 1.807) is 4.88 Å². The van der Waals surface area contributed by atoms with Crippen LogP contribution < -0.4 is 0 Å². The monoisotopic (exact) mass is 332 g/mol. The standard InChI is InChI=1S/C19H28N2OS/c1-20-17-13-21(10-9-15(17)11-19(20)22)12-16-7-8-18(23-16)14-5-3-2-4-6-14/h7-8,14-15,17H,2-6,9-13H2,1H3/t15-,17-/m1/s1. The van der Waals surface area contributed by atoms with Gasteiger partial charge in [0.25, 0.3) is 0 Å². The Labute approximate surface area is 143 Å². The molecular formula is C19H28N2OS. The summed E-state index contributed by atoms with van der Waals surface area (Å²) in [4.78, 5) is 19.6. The fourth-order valence-electron chi connectivity index (χ4n) is 4.73. The molecule has 0 radical (unpaired) electrons. The van der Waals surface area contributed by atoms with E-state index < -0.39 is 0 Å². The Bertz CT molecular complexity index is 563. The molecule has 0 unspecified atom stereocenters. The smallest absolute Gasteiger partial charge is 0.222 e. The summed E-state index contributed by atoms with van der Waals surface area (Å²) >= 11 is 2.04. The summed E-state index contributed by atoms with van der Waals surface area (Å²) in [7, 11) is 1.99. The highest BCUT2D eigenvalue weighted by Crippen LogP contribution is 2.37. The highest BCUT2D eigenvalue weighted by atomic mass is 32.1. The van der Waals surface area contributed by atoms with Crippen LogP contribution in [0.1, 0.15) is 60.6 Å². The van der Waals surface area contributed by atoms with Crippen LogP contribution in [0.3, 0.4) is 0 Å². The zero-order chi connectivity index (χ0) is 15.8. The van der Waals surface area contributed by atoms with Crippen LogP contribution in [0.25, 0.3) is 0 Å². The van der Waals surface area contributed by atoms with Gasteiger partial charge in [-0.05, 0) is 49.8 Å². The van der Waals surface area contributed by atoms with Crippen molar-refractivity contribution in [3.05, 3.63) is 21.9 Å². The summed E-state index contributed by atoms with van der Waals surface area (Å²) in [5.74, 6) is 1.77. The average Bonchev–Trinajstić information content (AvgIpc) is 3.15. The topological polar surface area (TPSA) is 23.6 Å². The Hall–Kier alpha value is -0.870. The van der Waals surface area contributed by atoms with Crippen molar-refractivity contribution < 1.29 is 4.79 Å². The number of likely N-dealkylation sites (N-methyl/N-ethyl adjacent to an activating group) is 1. The summed E-state index contributed by atoms with van der Waals surface area (Å²) in [6.07, 6.45) is 8.99. The number of fused-ring (bicyclic) bond motifs is 1. The van der Waals surface area contributed by atoms with Crippen LogP contribution in [-0.4, -0.2) is 41.9 Å². The zero-order valence-corrected chi connectivity index (χ0v) is 15.0. The Kier molecular flexibility index (Phi) is 4.46. The molecule has 23 heavy (non-hydrogen) atoms. The minimum atomic E-state index is 0.345. The van der Waals surface area contributed by atoms with Gasteiger partial charge in [0.2, 0.25) is 5.91 Å². The lowest BCUT2D eigenvalue weighted by Gasteiger charge is -2.36. The third-order valence-electron chi connectivity index (χ3n) is 6.20. The number of thiophene rings is 1. The van der Waals surface area contributed by atoms with Gasteiger partial charge in [0.05, 0.1) is 0 Å². The largest absolute Gasteiger partial charge is 0.341 e. The van der Waals surface area contributed by atoms with Gasteiger partial charge in [-0.1, -0.05) is 19.3 Å². The van der Waals surface area contributed by atoms with E-state index in [0.29, 0.717) is 17.9 Å². The lowest BCUT2D eigenvalue weighted by atomic mass is 9.88. The maximum Gasteiger partial charge on any atom is 0.222 e. The Morgan fingerprint density at radius 3 is 2.83 bits per heavy atom. The van der Waals surface area contributed by atoms with Crippen molar-refractivity contribution in [2.45, 2.75) is 63.5 Å². The lowest BCUT2D eigenvalue weighted by molar-refractivity contribution is -0.127. The van der Waals surface area contributed by atoms with Gasteiger partial charge < -0.3 is 4.90 Å². The maximum atomic E-state index is 11.9. The van der Waals surface area contributed by atoms with E-state index in [1.165, 1.54) is 43.4 Å². The van der Waals surface area contributed by atoms with Crippen molar-refractivity contribution in [2.24, 2.45) is 5.92 Å². The first-order chi connectivity index (χ1) is 11.2. The number of hydrogen-bond donors (Lipinski definition) is 0. The van der Waals surface area contributed by atoms with Crippen LogP contribution in [0.2, 0.25) is 0 Å². The predicted octanol–water partition coefficient (Wildman–Crippen LogP) is 3.85. The fourth-order valence-corrected chi connectivity index (χ4v) is 5.95. The van der Waals surface area contributed by atoms with Crippen LogP contribution in [0.15, 0.2) is 12.1 Å². The van der Waals surface area contributed by atoms with E-state index in [2.05, 4.69) is 17.0 Å². The fraction of sp³-hybridized carbons (Fsp3) is 0.737. The SMILES string of the molecule is CN1C(=O)C[C@H]2CCN(Cc3ccc(C4CCCCC4)s3)C[C@H]21. The first kappa shape index (κ1) is 15.6. The molecule has 0 N–H and O–H groups in total. The molecule has 1 saturated carbocycles. The van der Waals surface area contributed by atoms with E-state index in [4.69, 9.17) is 0 Å². The van der Waals surface area contributed by atoms with Crippen molar-refractivity contribution in [2.75, 3.05) is 20.1 Å². The Morgan fingerprint density at radius 2 is 2.00 bits per heavy atom. The van der Waals surface area contributed by atoms with E-state index >= 15 is 0 Å². The van der Waals surface area contributed by atoms with Crippen molar-refractivity contribution in [1.29, 1.82) is 0 Å². The molecule has 4 rings (SSSR count). The maximum absolute atomic E-state index is 11.9. The second-order valence-corrected chi connectivity index (χ2v) is 8.90. The molecule has 2 atom stereocenters. The number of hydrogen-bond acceptors (Lipinski definition) is 3. The second-order valence-electron chi connectivity index (χ2n) is 7.70. The number of rotatable bonds is 3. The number of carbonyl (C=O) groups excluding carboxylic acids is 1. The molecule has 126 valence electrons. The van der Waals surface area contributed by atoms with Gasteiger partial charge in [0.15, 0.2) is 0 Å². The first-order valence-electron chi connectivity index (χ1n) is 9.27. The van der Waals surface area contributed by atoms with Gasteiger partial charge in [0, 0.05) is 42.4 Å². The molecule has 2 aliphatic heterocycles. The van der Waals surface area contributed by atoms with Gasteiger partial charge in [-0.2, -0.15) is 0 Å². The normalized spacial score (nSPS) is 30.0. The molecule has 1 aromatic heterocycles. The number of carbonyl (C=O) groups is 1. The van der Waals surface area contributed by atoms with Crippen molar-refractivity contribution in [3.8, 4) is 0 Å². The Morgan fingerprint density at radius 1 is 1.17 bits per heavy atom. The third-order valence-corrected chi connectivity index (χ3v) is 7.44. The minimum absolute atomic E-state index is 0.345. The van der Waals surface area contributed by atoms with E-state index in [0.717, 1.165) is 32.0 Å². The molecule has 3 fully saturated rings. The quantitative estimate of drug-likeness (QED) is 0.839. The van der Waals surface area contributed by atoms with Crippen molar-refractivity contribution >= 4 is 17.2 Å². The molecule has 0 aromatic carbocycles. The Balaban J connectivity index is 1.37. The molecule has 3 heterocycles. The van der Waals surface area contributed by atoms with Crippen molar-refractivity contribution in [1.82, 2.24) is 9.80 Å². The molecule has 1 amide bonds. The third kappa shape index (κ3) is 3.20. The van der Waals surface area contributed by atoms with E-state index in [-0.39, 0.29) is 0 Å². The number of amides is 1. The lowest BCUT2D eigenvalue weighted by Crippen LogP contribution is -2.46. The number of nitrogens with zero attached hydrogens (tertiary/aromatic N) is 2. The first-order valence-corrected chi connectivity index (χ1v) is 10.1. The van der Waals surface area contributed by atoms with Gasteiger partial charge in [-0.25, -0.2) is 0 Å². The molecule has 3 aliphatic rings. The van der Waals surface area contributed by atoms with Gasteiger partial charge >= 0.3 is 0 Å². The summed E-state index contributed by atoms with van der Waals surface area (Å²) < 4.78 is 0. The number of piperidine rings is 1. The van der Waals surface area contributed by atoms with Crippen LogP contribution in [0.5, 0.6) is 0 Å². The minimum Gasteiger partial charge on any atom is -0.341 e. The molecule has 2 saturated heterocycles. The van der Waals surface area contributed by atoms with Gasteiger partial charge in [0.1, 0.15) is 0 Å². The highest BCUT2D eigenvalue weighted by Gasteiger charge is 2.40. The van der Waals surface area contributed by atoms with Crippen LogP contribution in [-0.2, 0) is 11.3 Å². The molecule has 4 heteroatoms. The zero-order valence-electron chi connectivity index (χ0n) is 14.2. The molecule has 0 spiro atoms. The van der Waals surface area contributed by atoms with Gasteiger partial charge in [-0.15, -0.1) is 11.3 Å². The molecule has 0 bridgehead atoms. The van der Waals surface area contributed by atoms with Gasteiger partial charge in [-0.3, -0.25) is 9.69 Å². The molecule has 1 aromatic rings. The van der Waals surface area contributed by atoms with Crippen molar-refractivity contribution in [3.63, 3.8) is 0 Å². The van der Waals surface area contributed by atoms with E-state index in [9.17, 15) is 4.79 Å². The molecule has 1 aliphatic carbocycles. The highest BCUT2D eigenvalue weighted by molar-refractivity contribution is 7.12. The number of likely N-dealkylation sites (tertiary alicyclic amines) is 2.